The van der Waals surface area contributed by atoms with Gasteiger partial charge in [0.05, 0.1) is 16.1 Å². The van der Waals surface area contributed by atoms with E-state index in [4.69, 9.17) is 0 Å². The second-order valence-corrected chi connectivity index (χ2v) is 10.2. The minimum atomic E-state index is -0.471. The first-order valence-corrected chi connectivity index (χ1v) is 12.9. The van der Waals surface area contributed by atoms with E-state index < -0.39 is 4.92 Å². The first kappa shape index (κ1) is 24.2. The molecular formula is C26H26BrN5O4. The molecule has 10 heteroatoms. The number of anilines is 1. The number of halogens is 1. The van der Waals surface area contributed by atoms with Crippen LogP contribution in [0.5, 0.6) is 0 Å². The number of fused-ring (bicyclic) bond motifs is 1. The van der Waals surface area contributed by atoms with Crippen LogP contribution < -0.4 is 5.32 Å². The molecule has 186 valence electrons. The van der Waals surface area contributed by atoms with Crippen LogP contribution in [0.25, 0.3) is 10.8 Å². The second kappa shape index (κ2) is 10.2. The maximum atomic E-state index is 13.5. The summed E-state index contributed by atoms with van der Waals surface area (Å²) in [6, 6.07) is 10.4. The van der Waals surface area contributed by atoms with E-state index in [9.17, 15) is 19.7 Å². The summed E-state index contributed by atoms with van der Waals surface area (Å²) < 4.78 is 0.478. The predicted molar refractivity (Wildman–Crippen MR) is 140 cm³/mol. The van der Waals surface area contributed by atoms with E-state index in [-0.39, 0.29) is 34.8 Å². The maximum absolute atomic E-state index is 13.5. The standard InChI is InChI=1S/C26H26BrN5O4/c27-18-12-21(25(33)30-9-3-4-10-30)24(23(13-18)32(35)36)29-19-7-5-11-31(16-19)26(34)22-15-28-14-17-6-1-2-8-20(17)22/h1-2,6,8,12-15,19,29H,3-5,7,9-11,16H2/t19-/m1/s1. The predicted octanol–water partition coefficient (Wildman–Crippen LogP) is 4.86. The quantitative estimate of drug-likeness (QED) is 0.358. The number of piperidine rings is 1. The third-order valence-electron chi connectivity index (χ3n) is 6.86. The number of nitrogens with zero attached hydrogens (tertiary/aromatic N) is 4. The molecule has 3 heterocycles. The Balaban J connectivity index is 1.42. The third kappa shape index (κ3) is 4.77. The van der Waals surface area contributed by atoms with Crippen molar-refractivity contribution >= 4 is 49.9 Å². The minimum Gasteiger partial charge on any atom is -0.374 e. The maximum Gasteiger partial charge on any atom is 0.294 e. The van der Waals surface area contributed by atoms with Crippen LogP contribution >= 0.6 is 15.9 Å². The number of likely N-dealkylation sites (tertiary alicyclic amines) is 2. The molecule has 0 saturated carbocycles. The van der Waals surface area contributed by atoms with Gasteiger partial charge in [-0.05, 0) is 37.1 Å². The Morgan fingerprint density at radius 1 is 1.00 bits per heavy atom. The average molecular weight is 552 g/mol. The molecule has 0 aliphatic carbocycles. The molecule has 2 aliphatic rings. The van der Waals surface area contributed by atoms with Crippen LogP contribution in [0, 0.1) is 10.1 Å². The van der Waals surface area contributed by atoms with Gasteiger partial charge in [-0.25, -0.2) is 0 Å². The van der Waals surface area contributed by atoms with Crippen molar-refractivity contribution in [3.8, 4) is 0 Å². The molecule has 0 bridgehead atoms. The topological polar surface area (TPSA) is 109 Å². The molecule has 2 aliphatic heterocycles. The summed E-state index contributed by atoms with van der Waals surface area (Å²) in [5.74, 6) is -0.338. The molecule has 0 unspecified atom stereocenters. The number of nitro groups is 1. The number of benzene rings is 2. The molecule has 3 aromatic rings. The molecule has 2 fully saturated rings. The average Bonchev–Trinajstić information content (AvgIpc) is 3.43. The lowest BCUT2D eigenvalue weighted by Gasteiger charge is -2.34. The normalized spacial score (nSPS) is 17.9. The monoisotopic (exact) mass is 551 g/mol. The Morgan fingerprint density at radius 3 is 2.50 bits per heavy atom. The first-order valence-electron chi connectivity index (χ1n) is 12.1. The van der Waals surface area contributed by atoms with E-state index in [1.54, 1.807) is 28.3 Å². The van der Waals surface area contributed by atoms with Crippen LogP contribution in [0.1, 0.15) is 46.4 Å². The minimum absolute atomic E-state index is 0.121. The molecule has 2 aromatic carbocycles. The number of hydrogen-bond donors (Lipinski definition) is 1. The summed E-state index contributed by atoms with van der Waals surface area (Å²) >= 11 is 3.33. The lowest BCUT2D eigenvalue weighted by molar-refractivity contribution is -0.384. The molecule has 1 N–H and O–H groups in total. The fourth-order valence-electron chi connectivity index (χ4n) is 5.09. The summed E-state index contributed by atoms with van der Waals surface area (Å²) in [7, 11) is 0. The van der Waals surface area contributed by atoms with Crippen molar-refractivity contribution in [1.29, 1.82) is 0 Å². The van der Waals surface area contributed by atoms with Crippen molar-refractivity contribution in [3.05, 3.63) is 74.5 Å². The summed E-state index contributed by atoms with van der Waals surface area (Å²) in [5.41, 5.74) is 0.868. The van der Waals surface area contributed by atoms with Crippen LogP contribution in [0.3, 0.4) is 0 Å². The van der Waals surface area contributed by atoms with Crippen molar-refractivity contribution in [2.75, 3.05) is 31.5 Å². The summed E-state index contributed by atoms with van der Waals surface area (Å²) in [5, 5.41) is 17.0. The summed E-state index contributed by atoms with van der Waals surface area (Å²) in [6.07, 6.45) is 6.64. The number of amides is 2. The van der Waals surface area contributed by atoms with Gasteiger partial charge in [0.15, 0.2) is 0 Å². The van der Waals surface area contributed by atoms with Gasteiger partial charge in [-0.15, -0.1) is 0 Å². The lowest BCUT2D eigenvalue weighted by Crippen LogP contribution is -2.45. The highest BCUT2D eigenvalue weighted by Crippen LogP contribution is 2.35. The fourth-order valence-corrected chi connectivity index (χ4v) is 5.53. The van der Waals surface area contributed by atoms with E-state index in [0.29, 0.717) is 36.2 Å². The highest BCUT2D eigenvalue weighted by Gasteiger charge is 2.31. The summed E-state index contributed by atoms with van der Waals surface area (Å²) in [4.78, 5) is 46.0. The highest BCUT2D eigenvalue weighted by atomic mass is 79.9. The first-order chi connectivity index (χ1) is 17.4. The van der Waals surface area contributed by atoms with Gasteiger partial charge >= 0.3 is 0 Å². The van der Waals surface area contributed by atoms with Gasteiger partial charge in [0.2, 0.25) is 0 Å². The SMILES string of the molecule is O=C(c1cc(Br)cc([N+](=O)[O-])c1N[C@@H]1CCCN(C(=O)c2cncc3ccccc23)C1)N1CCCC1. The molecule has 36 heavy (non-hydrogen) atoms. The van der Waals surface area contributed by atoms with Crippen LogP contribution in [0.2, 0.25) is 0 Å². The largest absolute Gasteiger partial charge is 0.374 e. The second-order valence-electron chi connectivity index (χ2n) is 9.25. The van der Waals surface area contributed by atoms with Crippen molar-refractivity contribution < 1.29 is 14.5 Å². The molecule has 9 nitrogen and oxygen atoms in total. The Bertz CT molecular complexity index is 1340. The van der Waals surface area contributed by atoms with Crippen LogP contribution in [0.15, 0.2) is 53.3 Å². The van der Waals surface area contributed by atoms with Crippen molar-refractivity contribution in [1.82, 2.24) is 14.8 Å². The van der Waals surface area contributed by atoms with Gasteiger partial charge in [-0.2, -0.15) is 0 Å². The molecule has 5 rings (SSSR count). The van der Waals surface area contributed by atoms with E-state index in [0.717, 1.165) is 36.5 Å². The zero-order chi connectivity index (χ0) is 25.2. The Kier molecular flexibility index (Phi) is 6.86. The van der Waals surface area contributed by atoms with Gasteiger partial charge in [-0.3, -0.25) is 24.7 Å². The van der Waals surface area contributed by atoms with Gasteiger partial charge in [0, 0.05) is 60.5 Å². The van der Waals surface area contributed by atoms with E-state index in [1.807, 2.05) is 24.3 Å². The fraction of sp³-hybridized carbons (Fsp3) is 0.346. The number of carbonyl (C=O) groups excluding carboxylic acids is 2. The summed E-state index contributed by atoms with van der Waals surface area (Å²) in [6.45, 7) is 2.24. The highest BCUT2D eigenvalue weighted by molar-refractivity contribution is 9.10. The van der Waals surface area contributed by atoms with Crippen LogP contribution in [0.4, 0.5) is 11.4 Å². The molecule has 2 amide bonds. The van der Waals surface area contributed by atoms with Gasteiger partial charge in [0.1, 0.15) is 5.69 Å². The number of rotatable bonds is 5. The molecule has 1 aromatic heterocycles. The molecule has 2 saturated heterocycles. The number of carbonyl (C=O) groups is 2. The third-order valence-corrected chi connectivity index (χ3v) is 7.32. The number of hydrogen-bond acceptors (Lipinski definition) is 6. The Labute approximate surface area is 216 Å². The van der Waals surface area contributed by atoms with Crippen LogP contribution in [-0.4, -0.2) is 63.7 Å². The molecule has 0 spiro atoms. The smallest absolute Gasteiger partial charge is 0.294 e. The van der Waals surface area contributed by atoms with Gasteiger partial charge in [0.25, 0.3) is 17.5 Å². The Morgan fingerprint density at radius 2 is 1.72 bits per heavy atom. The molecule has 1 atom stereocenters. The van der Waals surface area contributed by atoms with Crippen molar-refractivity contribution in [2.24, 2.45) is 0 Å². The Hall–Kier alpha value is -3.53. The zero-order valence-corrected chi connectivity index (χ0v) is 21.2. The van der Waals surface area contributed by atoms with E-state index in [1.165, 1.54) is 6.07 Å². The van der Waals surface area contributed by atoms with E-state index in [2.05, 4.69) is 26.2 Å². The number of nitro benzene ring substituents is 1. The van der Waals surface area contributed by atoms with Crippen molar-refractivity contribution in [2.45, 2.75) is 31.7 Å². The zero-order valence-electron chi connectivity index (χ0n) is 19.7. The number of aromatic nitrogens is 1. The van der Waals surface area contributed by atoms with E-state index >= 15 is 0 Å². The van der Waals surface area contributed by atoms with Crippen LogP contribution in [-0.2, 0) is 0 Å². The molecular weight excluding hydrogens is 526 g/mol. The molecule has 0 radical (unpaired) electrons. The van der Waals surface area contributed by atoms with Crippen molar-refractivity contribution in [3.63, 3.8) is 0 Å². The number of pyridine rings is 1. The van der Waals surface area contributed by atoms with Gasteiger partial charge < -0.3 is 15.1 Å². The number of nitrogens with one attached hydrogen (secondary N) is 1. The van der Waals surface area contributed by atoms with Gasteiger partial charge in [-0.1, -0.05) is 40.2 Å². The lowest BCUT2D eigenvalue weighted by atomic mass is 10.0.